The van der Waals surface area contributed by atoms with Crippen molar-refractivity contribution in [2.75, 3.05) is 32.7 Å². The van der Waals surface area contributed by atoms with Crippen LogP contribution in [0.3, 0.4) is 0 Å². The maximum Gasteiger partial charge on any atom is 0.303 e. The third kappa shape index (κ3) is 4.45. The van der Waals surface area contributed by atoms with Gasteiger partial charge in [-0.2, -0.15) is 0 Å². The molecule has 0 spiro atoms. The van der Waals surface area contributed by atoms with Gasteiger partial charge in [-0.25, -0.2) is 0 Å². The number of likely N-dealkylation sites (tertiary alicyclic amines) is 2. The molecule has 2 fully saturated rings. The van der Waals surface area contributed by atoms with Crippen LogP contribution in [0.1, 0.15) is 32.1 Å². The molecule has 20 heavy (non-hydrogen) atoms. The SMILES string of the molecule is NC1CCN(CC(=O)N2CCC(CC(=O)O)CC2)CC1. The Bertz CT molecular complexity index is 346. The van der Waals surface area contributed by atoms with E-state index in [-0.39, 0.29) is 24.3 Å². The molecule has 1 amide bonds. The molecule has 0 aromatic carbocycles. The van der Waals surface area contributed by atoms with Crippen molar-refractivity contribution in [2.24, 2.45) is 11.7 Å². The third-order valence-electron chi connectivity index (χ3n) is 4.42. The highest BCUT2D eigenvalue weighted by Gasteiger charge is 2.26. The van der Waals surface area contributed by atoms with Gasteiger partial charge in [0.2, 0.25) is 5.91 Å². The zero-order chi connectivity index (χ0) is 14.5. The highest BCUT2D eigenvalue weighted by molar-refractivity contribution is 5.78. The lowest BCUT2D eigenvalue weighted by Crippen LogP contribution is -2.47. The van der Waals surface area contributed by atoms with Gasteiger partial charge in [0.15, 0.2) is 0 Å². The summed E-state index contributed by atoms with van der Waals surface area (Å²) in [5, 5.41) is 8.78. The van der Waals surface area contributed by atoms with Crippen LogP contribution in [0.2, 0.25) is 0 Å². The zero-order valence-electron chi connectivity index (χ0n) is 12.0. The molecule has 0 aromatic heterocycles. The van der Waals surface area contributed by atoms with Crippen molar-refractivity contribution < 1.29 is 14.7 Å². The van der Waals surface area contributed by atoms with Crippen LogP contribution in [0.15, 0.2) is 0 Å². The first-order chi connectivity index (χ1) is 9.54. The summed E-state index contributed by atoms with van der Waals surface area (Å²) in [5.74, 6) is -0.335. The van der Waals surface area contributed by atoms with Crippen molar-refractivity contribution >= 4 is 11.9 Å². The molecule has 6 heteroatoms. The Hall–Kier alpha value is -1.14. The fourth-order valence-corrected chi connectivity index (χ4v) is 3.04. The van der Waals surface area contributed by atoms with Crippen LogP contribution in [0.5, 0.6) is 0 Å². The van der Waals surface area contributed by atoms with Crippen molar-refractivity contribution in [2.45, 2.75) is 38.1 Å². The molecule has 2 aliphatic heterocycles. The molecular formula is C14H25N3O3. The molecular weight excluding hydrogens is 258 g/mol. The Labute approximate surface area is 119 Å². The lowest BCUT2D eigenvalue weighted by Gasteiger charge is -2.35. The van der Waals surface area contributed by atoms with E-state index in [1.165, 1.54) is 0 Å². The number of hydrogen-bond donors (Lipinski definition) is 2. The van der Waals surface area contributed by atoms with E-state index in [1.807, 2.05) is 4.90 Å². The molecule has 0 radical (unpaired) electrons. The predicted octanol–water partition coefficient (Wildman–Crippen LogP) is 0.123. The zero-order valence-corrected chi connectivity index (χ0v) is 12.0. The maximum atomic E-state index is 12.2. The molecule has 0 bridgehead atoms. The molecule has 0 saturated carbocycles. The Morgan fingerprint density at radius 3 is 2.20 bits per heavy atom. The summed E-state index contributed by atoms with van der Waals surface area (Å²) in [6.07, 6.45) is 3.78. The van der Waals surface area contributed by atoms with Crippen molar-refractivity contribution in [1.82, 2.24) is 9.80 Å². The number of carboxylic acid groups (broad SMARTS) is 1. The number of amides is 1. The van der Waals surface area contributed by atoms with Gasteiger partial charge in [0.05, 0.1) is 6.54 Å². The van der Waals surface area contributed by atoms with E-state index in [4.69, 9.17) is 10.8 Å². The van der Waals surface area contributed by atoms with Crippen LogP contribution in [0.25, 0.3) is 0 Å². The van der Waals surface area contributed by atoms with E-state index in [9.17, 15) is 9.59 Å². The van der Waals surface area contributed by atoms with Gasteiger partial charge in [-0.05, 0) is 31.6 Å². The van der Waals surface area contributed by atoms with E-state index in [0.29, 0.717) is 19.6 Å². The Kier molecular flexibility index (Phi) is 5.37. The highest BCUT2D eigenvalue weighted by atomic mass is 16.4. The maximum absolute atomic E-state index is 12.2. The number of rotatable bonds is 4. The Morgan fingerprint density at radius 1 is 1.05 bits per heavy atom. The number of carbonyl (C=O) groups is 2. The van der Waals surface area contributed by atoms with E-state index < -0.39 is 5.97 Å². The summed E-state index contributed by atoms with van der Waals surface area (Å²) in [5.41, 5.74) is 5.86. The van der Waals surface area contributed by atoms with Gasteiger partial charge >= 0.3 is 5.97 Å². The van der Waals surface area contributed by atoms with Crippen molar-refractivity contribution in [3.8, 4) is 0 Å². The Balaban J connectivity index is 1.70. The van der Waals surface area contributed by atoms with Gasteiger partial charge in [0.1, 0.15) is 0 Å². The standard InChI is InChI=1S/C14H25N3O3/c15-12-3-5-16(6-4-12)10-13(18)17-7-1-11(2-8-17)9-14(19)20/h11-12H,1-10,15H2,(H,19,20). The summed E-state index contributed by atoms with van der Waals surface area (Å²) in [6.45, 7) is 3.69. The summed E-state index contributed by atoms with van der Waals surface area (Å²) >= 11 is 0. The minimum Gasteiger partial charge on any atom is -0.481 e. The molecule has 3 N–H and O–H groups in total. The number of piperidine rings is 2. The molecule has 114 valence electrons. The minimum absolute atomic E-state index is 0.175. The first-order valence-corrected chi connectivity index (χ1v) is 7.52. The second-order valence-corrected chi connectivity index (χ2v) is 6.04. The third-order valence-corrected chi connectivity index (χ3v) is 4.42. The van der Waals surface area contributed by atoms with Crippen LogP contribution >= 0.6 is 0 Å². The van der Waals surface area contributed by atoms with Crippen molar-refractivity contribution in [3.63, 3.8) is 0 Å². The topological polar surface area (TPSA) is 86.9 Å². The number of nitrogens with zero attached hydrogens (tertiary/aromatic N) is 2. The van der Waals surface area contributed by atoms with Crippen LogP contribution in [-0.4, -0.2) is 65.5 Å². The normalized spacial score (nSPS) is 22.9. The molecule has 0 atom stereocenters. The molecule has 0 aliphatic carbocycles. The second-order valence-electron chi connectivity index (χ2n) is 6.04. The number of hydrogen-bond acceptors (Lipinski definition) is 4. The second kappa shape index (κ2) is 7.04. The van der Waals surface area contributed by atoms with Gasteiger partial charge in [0, 0.05) is 38.6 Å². The lowest BCUT2D eigenvalue weighted by molar-refractivity contribution is -0.138. The quantitative estimate of drug-likeness (QED) is 0.765. The van der Waals surface area contributed by atoms with Gasteiger partial charge in [-0.1, -0.05) is 0 Å². The number of nitrogens with two attached hydrogens (primary N) is 1. The molecule has 2 rings (SSSR count). The van der Waals surface area contributed by atoms with Crippen molar-refractivity contribution in [1.29, 1.82) is 0 Å². The van der Waals surface area contributed by atoms with Gasteiger partial charge < -0.3 is 15.7 Å². The Morgan fingerprint density at radius 2 is 1.65 bits per heavy atom. The first-order valence-electron chi connectivity index (χ1n) is 7.52. The first kappa shape index (κ1) is 15.3. The largest absolute Gasteiger partial charge is 0.481 e. The molecule has 0 unspecified atom stereocenters. The smallest absolute Gasteiger partial charge is 0.303 e. The van der Waals surface area contributed by atoms with Gasteiger partial charge in [-0.15, -0.1) is 0 Å². The average molecular weight is 283 g/mol. The number of carboxylic acids is 1. The highest BCUT2D eigenvalue weighted by Crippen LogP contribution is 2.20. The van der Waals surface area contributed by atoms with Crippen LogP contribution in [0.4, 0.5) is 0 Å². The molecule has 2 aliphatic rings. The van der Waals surface area contributed by atoms with E-state index in [2.05, 4.69) is 4.90 Å². The number of aliphatic carboxylic acids is 1. The lowest BCUT2D eigenvalue weighted by atomic mass is 9.93. The summed E-state index contributed by atoms with van der Waals surface area (Å²) in [4.78, 5) is 26.9. The fraction of sp³-hybridized carbons (Fsp3) is 0.857. The van der Waals surface area contributed by atoms with E-state index in [0.717, 1.165) is 38.8 Å². The monoisotopic (exact) mass is 283 g/mol. The summed E-state index contributed by atoms with van der Waals surface area (Å²) in [6, 6.07) is 0.285. The summed E-state index contributed by atoms with van der Waals surface area (Å²) < 4.78 is 0. The van der Waals surface area contributed by atoms with E-state index >= 15 is 0 Å². The minimum atomic E-state index is -0.737. The molecule has 2 heterocycles. The average Bonchev–Trinajstić information content (AvgIpc) is 2.41. The van der Waals surface area contributed by atoms with Crippen LogP contribution in [-0.2, 0) is 9.59 Å². The molecule has 2 saturated heterocycles. The van der Waals surface area contributed by atoms with Gasteiger partial charge in [0.25, 0.3) is 0 Å². The number of carbonyl (C=O) groups excluding carboxylic acids is 1. The summed E-state index contributed by atoms with van der Waals surface area (Å²) in [7, 11) is 0. The molecule has 6 nitrogen and oxygen atoms in total. The van der Waals surface area contributed by atoms with Crippen molar-refractivity contribution in [3.05, 3.63) is 0 Å². The van der Waals surface area contributed by atoms with E-state index in [1.54, 1.807) is 0 Å². The fourth-order valence-electron chi connectivity index (χ4n) is 3.04. The van der Waals surface area contributed by atoms with Crippen LogP contribution in [0, 0.1) is 5.92 Å². The predicted molar refractivity (Wildman–Crippen MR) is 75.2 cm³/mol. The van der Waals surface area contributed by atoms with Crippen LogP contribution < -0.4 is 5.73 Å². The van der Waals surface area contributed by atoms with Gasteiger partial charge in [-0.3, -0.25) is 14.5 Å². The molecule has 0 aromatic rings.